The van der Waals surface area contributed by atoms with Gasteiger partial charge in [0, 0.05) is 11.7 Å². The summed E-state index contributed by atoms with van der Waals surface area (Å²) in [6.07, 6.45) is 7.20. The number of urea groups is 1. The lowest BCUT2D eigenvalue weighted by Gasteiger charge is -2.15. The van der Waals surface area contributed by atoms with Gasteiger partial charge in [-0.15, -0.1) is 0 Å². The third kappa shape index (κ3) is 5.05. The van der Waals surface area contributed by atoms with Crippen LogP contribution in [0.2, 0.25) is 0 Å². The largest absolute Gasteiger partial charge is 0.459 e. The zero-order chi connectivity index (χ0) is 18.4. The third-order valence-corrected chi connectivity index (χ3v) is 4.26. The van der Waals surface area contributed by atoms with Crippen LogP contribution in [0.4, 0.5) is 10.5 Å². The molecule has 0 bridgehead atoms. The fourth-order valence-electron chi connectivity index (χ4n) is 2.96. The van der Waals surface area contributed by atoms with Gasteiger partial charge < -0.3 is 15.4 Å². The van der Waals surface area contributed by atoms with E-state index in [4.69, 9.17) is 4.74 Å². The van der Waals surface area contributed by atoms with Gasteiger partial charge in [0.25, 0.3) is 0 Å². The van der Waals surface area contributed by atoms with Crippen LogP contribution in [0.25, 0.3) is 0 Å². The highest BCUT2D eigenvalue weighted by atomic mass is 16.5. The summed E-state index contributed by atoms with van der Waals surface area (Å²) >= 11 is 0. The third-order valence-electron chi connectivity index (χ3n) is 4.26. The predicted octanol–water partition coefficient (Wildman–Crippen LogP) is 2.59. The smallest absolute Gasteiger partial charge is 0.338 e. The molecule has 8 nitrogen and oxygen atoms in total. The van der Waals surface area contributed by atoms with Crippen LogP contribution in [-0.4, -0.2) is 38.9 Å². The van der Waals surface area contributed by atoms with Gasteiger partial charge in [-0.3, -0.25) is 4.68 Å². The van der Waals surface area contributed by atoms with E-state index in [1.807, 2.05) is 6.92 Å². The molecule has 1 heterocycles. The molecule has 138 valence electrons. The van der Waals surface area contributed by atoms with Gasteiger partial charge >= 0.3 is 12.0 Å². The summed E-state index contributed by atoms with van der Waals surface area (Å²) in [6, 6.07) is 6.26. The second kappa shape index (κ2) is 8.46. The van der Waals surface area contributed by atoms with Crippen LogP contribution in [0.15, 0.2) is 36.9 Å². The van der Waals surface area contributed by atoms with Crippen LogP contribution >= 0.6 is 0 Å². The van der Waals surface area contributed by atoms with E-state index in [9.17, 15) is 9.59 Å². The van der Waals surface area contributed by atoms with Gasteiger partial charge in [0.15, 0.2) is 0 Å². The van der Waals surface area contributed by atoms with Gasteiger partial charge in [0.1, 0.15) is 18.8 Å². The Kier molecular flexibility index (Phi) is 5.83. The first-order valence-corrected chi connectivity index (χ1v) is 8.81. The molecule has 1 saturated carbocycles. The molecule has 1 atom stereocenters. The number of anilines is 1. The summed E-state index contributed by atoms with van der Waals surface area (Å²) in [6.45, 7) is 2.41. The predicted molar refractivity (Wildman–Crippen MR) is 95.8 cm³/mol. The lowest BCUT2D eigenvalue weighted by atomic mass is 10.2. The number of hydrogen-bond acceptors (Lipinski definition) is 5. The number of carbonyl (C=O) groups excluding carboxylic acids is 2. The van der Waals surface area contributed by atoms with Crippen LogP contribution in [0, 0.1) is 0 Å². The maximum atomic E-state index is 12.1. The van der Waals surface area contributed by atoms with Crippen LogP contribution in [0.3, 0.4) is 0 Å². The zero-order valence-electron chi connectivity index (χ0n) is 14.7. The lowest BCUT2D eigenvalue weighted by molar-refractivity contribution is 0.0318. The Labute approximate surface area is 151 Å². The summed E-state index contributed by atoms with van der Waals surface area (Å²) in [5, 5.41) is 9.57. The van der Waals surface area contributed by atoms with E-state index < -0.39 is 0 Å². The molecule has 0 spiro atoms. The molecule has 1 aromatic carbocycles. The second-order valence-corrected chi connectivity index (χ2v) is 6.51. The number of ether oxygens (including phenoxy) is 1. The molecule has 26 heavy (non-hydrogen) atoms. The number of hydrogen-bond donors (Lipinski definition) is 2. The number of aromatic nitrogens is 3. The van der Waals surface area contributed by atoms with E-state index in [1.54, 1.807) is 35.3 Å². The van der Waals surface area contributed by atoms with Crippen LogP contribution in [-0.2, 0) is 11.3 Å². The Bertz CT molecular complexity index is 724. The van der Waals surface area contributed by atoms with Crippen molar-refractivity contribution in [3.63, 3.8) is 0 Å². The van der Waals surface area contributed by atoms with Crippen molar-refractivity contribution in [3.8, 4) is 0 Å². The molecule has 2 aromatic rings. The first-order valence-electron chi connectivity index (χ1n) is 8.81. The zero-order valence-corrected chi connectivity index (χ0v) is 14.7. The molecule has 1 aliphatic rings. The van der Waals surface area contributed by atoms with E-state index in [0.717, 1.165) is 25.7 Å². The average molecular weight is 357 g/mol. The first kappa shape index (κ1) is 17.9. The molecule has 3 rings (SSSR count). The van der Waals surface area contributed by atoms with Gasteiger partial charge in [-0.25, -0.2) is 14.6 Å². The topological polar surface area (TPSA) is 98.1 Å². The summed E-state index contributed by atoms with van der Waals surface area (Å²) in [5.74, 6) is -0.311. The van der Waals surface area contributed by atoms with Gasteiger partial charge in [-0.2, -0.15) is 5.10 Å². The van der Waals surface area contributed by atoms with Crippen LogP contribution < -0.4 is 10.6 Å². The Balaban J connectivity index is 1.47. The maximum absolute atomic E-state index is 12.1. The van der Waals surface area contributed by atoms with Crippen molar-refractivity contribution in [2.45, 2.75) is 51.3 Å². The molecular weight excluding hydrogens is 334 g/mol. The minimum Gasteiger partial charge on any atom is -0.459 e. The van der Waals surface area contributed by atoms with Gasteiger partial charge in [-0.1, -0.05) is 0 Å². The molecule has 0 unspecified atom stereocenters. The van der Waals surface area contributed by atoms with Crippen LogP contribution in [0.5, 0.6) is 0 Å². The summed E-state index contributed by atoms with van der Waals surface area (Å²) in [7, 11) is 0. The second-order valence-electron chi connectivity index (χ2n) is 6.51. The maximum Gasteiger partial charge on any atom is 0.338 e. The Morgan fingerprint density at radius 3 is 2.65 bits per heavy atom. The SMILES string of the molecule is C[C@H](Cn1cncn1)NC(=O)Nc1ccc(C(=O)OC2CCCC2)cc1. The molecule has 0 aliphatic heterocycles. The molecule has 0 saturated heterocycles. The van der Waals surface area contributed by atoms with Gasteiger partial charge in [0.2, 0.25) is 0 Å². The van der Waals surface area contributed by atoms with Crippen molar-refractivity contribution in [1.82, 2.24) is 20.1 Å². The van der Waals surface area contributed by atoms with E-state index in [1.165, 1.54) is 6.33 Å². The minimum atomic E-state index is -0.320. The highest BCUT2D eigenvalue weighted by Gasteiger charge is 2.20. The quantitative estimate of drug-likeness (QED) is 0.774. The fraction of sp³-hybridized carbons (Fsp3) is 0.444. The minimum absolute atomic E-state index is 0.0394. The van der Waals surface area contributed by atoms with E-state index >= 15 is 0 Å². The summed E-state index contributed by atoms with van der Waals surface area (Å²) in [4.78, 5) is 28.0. The Morgan fingerprint density at radius 1 is 1.27 bits per heavy atom. The summed E-state index contributed by atoms with van der Waals surface area (Å²) < 4.78 is 7.12. The first-order chi connectivity index (χ1) is 12.6. The molecule has 2 N–H and O–H groups in total. The Hall–Kier alpha value is -2.90. The standard InChI is InChI=1S/C18H23N5O3/c1-13(10-23-12-19-11-20-23)21-18(25)22-15-8-6-14(7-9-15)17(24)26-16-4-2-3-5-16/h6-9,11-13,16H,2-5,10H2,1H3,(H2,21,22,25)/t13-/m1/s1. The highest BCUT2D eigenvalue weighted by Crippen LogP contribution is 2.22. The number of esters is 1. The molecule has 1 fully saturated rings. The monoisotopic (exact) mass is 357 g/mol. The van der Waals surface area contributed by atoms with Crippen molar-refractivity contribution in [3.05, 3.63) is 42.5 Å². The van der Waals surface area contributed by atoms with E-state index in [0.29, 0.717) is 17.8 Å². The molecule has 0 radical (unpaired) electrons. The normalized spacial score (nSPS) is 15.4. The number of benzene rings is 1. The fourth-order valence-corrected chi connectivity index (χ4v) is 2.96. The van der Waals surface area contributed by atoms with Crippen molar-refractivity contribution < 1.29 is 14.3 Å². The molecule has 8 heteroatoms. The van der Waals surface area contributed by atoms with Gasteiger partial charge in [0.05, 0.1) is 12.1 Å². The van der Waals surface area contributed by atoms with Crippen molar-refractivity contribution in [2.24, 2.45) is 0 Å². The number of rotatable bonds is 6. The number of carbonyl (C=O) groups is 2. The molecule has 1 aliphatic carbocycles. The molecule has 1 aromatic heterocycles. The van der Waals surface area contributed by atoms with Crippen LogP contribution in [0.1, 0.15) is 43.0 Å². The number of amides is 2. The van der Waals surface area contributed by atoms with Crippen molar-refractivity contribution in [2.75, 3.05) is 5.32 Å². The summed E-state index contributed by atoms with van der Waals surface area (Å²) in [5.41, 5.74) is 1.09. The lowest BCUT2D eigenvalue weighted by Crippen LogP contribution is -2.38. The molecule has 2 amide bonds. The van der Waals surface area contributed by atoms with Crippen molar-refractivity contribution in [1.29, 1.82) is 0 Å². The highest BCUT2D eigenvalue weighted by molar-refractivity contribution is 5.92. The number of nitrogens with zero attached hydrogens (tertiary/aromatic N) is 3. The average Bonchev–Trinajstić information content (AvgIpc) is 3.29. The van der Waals surface area contributed by atoms with E-state index in [2.05, 4.69) is 20.7 Å². The van der Waals surface area contributed by atoms with Gasteiger partial charge in [-0.05, 0) is 56.9 Å². The number of nitrogens with one attached hydrogen (secondary N) is 2. The Morgan fingerprint density at radius 2 is 2.00 bits per heavy atom. The molecular formula is C18H23N5O3. The van der Waals surface area contributed by atoms with Crippen molar-refractivity contribution >= 4 is 17.7 Å². The van der Waals surface area contributed by atoms with E-state index in [-0.39, 0.29) is 24.1 Å².